The average Bonchev–Trinajstić information content (AvgIpc) is 2.10. The van der Waals surface area contributed by atoms with Crippen LogP contribution < -0.4 is 11.1 Å². The van der Waals surface area contributed by atoms with Gasteiger partial charge in [0.15, 0.2) is 0 Å². The van der Waals surface area contributed by atoms with Crippen LogP contribution in [-0.2, 0) is 4.79 Å². The van der Waals surface area contributed by atoms with Gasteiger partial charge in [0.05, 0.1) is 16.4 Å². The van der Waals surface area contributed by atoms with Crippen molar-refractivity contribution in [3.63, 3.8) is 0 Å². The van der Waals surface area contributed by atoms with Crippen LogP contribution in [0.1, 0.15) is 13.3 Å². The Morgan fingerprint density at radius 2 is 2.14 bits per heavy atom. The second kappa shape index (κ2) is 4.53. The molecule has 0 radical (unpaired) electrons. The van der Waals surface area contributed by atoms with Crippen molar-refractivity contribution in [2.75, 3.05) is 11.1 Å². The van der Waals surface area contributed by atoms with Crippen molar-refractivity contribution in [3.8, 4) is 0 Å². The van der Waals surface area contributed by atoms with Crippen LogP contribution in [0.5, 0.6) is 0 Å². The fourth-order valence-corrected chi connectivity index (χ4v) is 1.51. The molecular weight excluding hydrogens is 223 g/mol. The first-order chi connectivity index (χ1) is 6.54. The summed E-state index contributed by atoms with van der Waals surface area (Å²) >= 11 is 11.6. The van der Waals surface area contributed by atoms with E-state index in [1.807, 2.05) is 0 Å². The van der Waals surface area contributed by atoms with Crippen LogP contribution in [-0.4, -0.2) is 5.91 Å². The van der Waals surface area contributed by atoms with Gasteiger partial charge in [-0.1, -0.05) is 30.1 Å². The Morgan fingerprint density at radius 1 is 1.50 bits per heavy atom. The zero-order valence-electron chi connectivity index (χ0n) is 7.60. The van der Waals surface area contributed by atoms with E-state index in [0.717, 1.165) is 0 Å². The molecule has 0 bridgehead atoms. The van der Waals surface area contributed by atoms with E-state index < -0.39 is 0 Å². The van der Waals surface area contributed by atoms with Gasteiger partial charge in [0.1, 0.15) is 0 Å². The largest absolute Gasteiger partial charge is 0.397 e. The number of nitrogens with one attached hydrogen (secondary N) is 1. The van der Waals surface area contributed by atoms with Gasteiger partial charge in [0.25, 0.3) is 0 Å². The zero-order valence-corrected chi connectivity index (χ0v) is 9.12. The second-order valence-corrected chi connectivity index (χ2v) is 3.60. The molecule has 0 spiro atoms. The molecule has 3 nitrogen and oxygen atoms in total. The Hall–Kier alpha value is -0.930. The predicted molar refractivity (Wildman–Crippen MR) is 59.8 cm³/mol. The SMILES string of the molecule is CCC(=O)Nc1c(N)cc(Cl)cc1Cl. The third kappa shape index (κ3) is 2.53. The van der Waals surface area contributed by atoms with Crippen molar-refractivity contribution in [2.45, 2.75) is 13.3 Å². The van der Waals surface area contributed by atoms with Crippen LogP contribution in [0.3, 0.4) is 0 Å². The fourth-order valence-electron chi connectivity index (χ4n) is 0.953. The summed E-state index contributed by atoms with van der Waals surface area (Å²) in [5.41, 5.74) is 6.43. The molecule has 76 valence electrons. The average molecular weight is 233 g/mol. The number of amides is 1. The van der Waals surface area contributed by atoms with E-state index in [4.69, 9.17) is 28.9 Å². The molecule has 14 heavy (non-hydrogen) atoms. The van der Waals surface area contributed by atoms with Crippen molar-refractivity contribution < 1.29 is 4.79 Å². The number of carbonyl (C=O) groups excluding carboxylic acids is 1. The summed E-state index contributed by atoms with van der Waals surface area (Å²) in [6, 6.07) is 3.07. The topological polar surface area (TPSA) is 55.1 Å². The maximum Gasteiger partial charge on any atom is 0.224 e. The molecule has 1 aromatic carbocycles. The van der Waals surface area contributed by atoms with Crippen molar-refractivity contribution in [2.24, 2.45) is 0 Å². The number of hydrogen-bond donors (Lipinski definition) is 2. The van der Waals surface area contributed by atoms with Crippen LogP contribution in [0.4, 0.5) is 11.4 Å². The molecule has 0 fully saturated rings. The lowest BCUT2D eigenvalue weighted by molar-refractivity contribution is -0.115. The highest BCUT2D eigenvalue weighted by Crippen LogP contribution is 2.31. The molecule has 5 heteroatoms. The third-order valence-corrected chi connectivity index (χ3v) is 2.19. The Balaban J connectivity index is 3.02. The summed E-state index contributed by atoms with van der Waals surface area (Å²) in [6.45, 7) is 1.75. The van der Waals surface area contributed by atoms with E-state index in [1.54, 1.807) is 13.0 Å². The van der Waals surface area contributed by atoms with E-state index in [0.29, 0.717) is 27.8 Å². The lowest BCUT2D eigenvalue weighted by Crippen LogP contribution is -2.11. The minimum atomic E-state index is -0.138. The molecule has 0 aliphatic rings. The zero-order chi connectivity index (χ0) is 10.7. The first kappa shape index (κ1) is 11.1. The van der Waals surface area contributed by atoms with Gasteiger partial charge in [-0.3, -0.25) is 4.79 Å². The molecule has 0 saturated carbocycles. The normalized spacial score (nSPS) is 9.93. The van der Waals surface area contributed by atoms with Crippen molar-refractivity contribution >= 4 is 40.5 Å². The summed E-state index contributed by atoms with van der Waals surface area (Å²) in [4.78, 5) is 11.1. The lowest BCUT2D eigenvalue weighted by Gasteiger charge is -2.09. The summed E-state index contributed by atoms with van der Waals surface area (Å²) in [7, 11) is 0. The maximum absolute atomic E-state index is 11.1. The number of carbonyl (C=O) groups is 1. The first-order valence-electron chi connectivity index (χ1n) is 4.09. The van der Waals surface area contributed by atoms with Crippen LogP contribution in [0.15, 0.2) is 12.1 Å². The van der Waals surface area contributed by atoms with Crippen LogP contribution in [0, 0.1) is 0 Å². The summed E-state index contributed by atoms with van der Waals surface area (Å²) in [5, 5.41) is 3.39. The minimum absolute atomic E-state index is 0.138. The second-order valence-electron chi connectivity index (χ2n) is 2.75. The number of anilines is 2. The molecule has 0 heterocycles. The number of hydrogen-bond acceptors (Lipinski definition) is 2. The Bertz CT molecular complexity index is 343. The molecular formula is C9H10Cl2N2O. The molecule has 0 saturated heterocycles. The van der Waals surface area contributed by atoms with Crippen LogP contribution in [0.2, 0.25) is 10.0 Å². The summed E-state index contributed by atoms with van der Waals surface area (Å²) < 4.78 is 0. The van der Waals surface area contributed by atoms with Crippen molar-refractivity contribution in [1.82, 2.24) is 0 Å². The molecule has 1 aromatic rings. The Kier molecular flexibility index (Phi) is 3.61. The monoisotopic (exact) mass is 232 g/mol. The highest BCUT2D eigenvalue weighted by atomic mass is 35.5. The highest BCUT2D eigenvalue weighted by Gasteiger charge is 2.08. The molecule has 0 unspecified atom stereocenters. The molecule has 1 rings (SSSR count). The molecule has 3 N–H and O–H groups in total. The summed E-state index contributed by atoms with van der Waals surface area (Å²) in [5.74, 6) is -0.138. The smallest absolute Gasteiger partial charge is 0.224 e. The van der Waals surface area contributed by atoms with Gasteiger partial charge < -0.3 is 11.1 Å². The van der Waals surface area contributed by atoms with E-state index in [1.165, 1.54) is 6.07 Å². The molecule has 0 atom stereocenters. The van der Waals surface area contributed by atoms with Crippen molar-refractivity contribution in [1.29, 1.82) is 0 Å². The van der Waals surface area contributed by atoms with Gasteiger partial charge in [0.2, 0.25) is 5.91 Å². The van der Waals surface area contributed by atoms with Gasteiger partial charge in [-0.05, 0) is 12.1 Å². The Labute approximate surface area is 92.2 Å². The minimum Gasteiger partial charge on any atom is -0.397 e. The van der Waals surface area contributed by atoms with Gasteiger partial charge in [-0.25, -0.2) is 0 Å². The van der Waals surface area contributed by atoms with Crippen molar-refractivity contribution in [3.05, 3.63) is 22.2 Å². The number of halogens is 2. The quantitative estimate of drug-likeness (QED) is 0.771. The van der Waals surface area contributed by atoms with Gasteiger partial charge in [0, 0.05) is 11.4 Å². The molecule has 0 aliphatic heterocycles. The van der Waals surface area contributed by atoms with E-state index in [-0.39, 0.29) is 5.91 Å². The van der Waals surface area contributed by atoms with E-state index in [2.05, 4.69) is 5.32 Å². The maximum atomic E-state index is 11.1. The number of rotatable bonds is 2. The van der Waals surface area contributed by atoms with Gasteiger partial charge in [-0.2, -0.15) is 0 Å². The number of benzene rings is 1. The summed E-state index contributed by atoms with van der Waals surface area (Å²) in [6.07, 6.45) is 0.373. The standard InChI is InChI=1S/C9H10Cl2N2O/c1-2-8(14)13-9-6(11)3-5(10)4-7(9)12/h3-4H,2,12H2,1H3,(H,13,14). The van der Waals surface area contributed by atoms with Gasteiger partial charge in [-0.15, -0.1) is 0 Å². The first-order valence-corrected chi connectivity index (χ1v) is 4.84. The number of nitrogens with two attached hydrogens (primary N) is 1. The molecule has 0 aliphatic carbocycles. The van der Waals surface area contributed by atoms with Gasteiger partial charge >= 0.3 is 0 Å². The van der Waals surface area contributed by atoms with E-state index >= 15 is 0 Å². The Morgan fingerprint density at radius 3 is 2.64 bits per heavy atom. The van der Waals surface area contributed by atoms with Crippen LogP contribution >= 0.6 is 23.2 Å². The van der Waals surface area contributed by atoms with Crippen LogP contribution in [0.25, 0.3) is 0 Å². The molecule has 0 aromatic heterocycles. The lowest BCUT2D eigenvalue weighted by atomic mass is 10.2. The predicted octanol–water partition coefficient (Wildman–Crippen LogP) is 2.92. The fraction of sp³-hybridized carbons (Fsp3) is 0.222. The van der Waals surface area contributed by atoms with E-state index in [9.17, 15) is 4.79 Å². The number of nitrogen functional groups attached to an aromatic ring is 1. The third-order valence-electron chi connectivity index (χ3n) is 1.67. The highest BCUT2D eigenvalue weighted by molar-refractivity contribution is 6.37. The molecule has 1 amide bonds.